The summed E-state index contributed by atoms with van der Waals surface area (Å²) in [6.07, 6.45) is 5.95. The van der Waals surface area contributed by atoms with Crippen LogP contribution < -0.4 is 5.73 Å². The van der Waals surface area contributed by atoms with Crippen molar-refractivity contribution in [1.29, 1.82) is 0 Å². The van der Waals surface area contributed by atoms with E-state index in [1.165, 1.54) is 25.7 Å². The molecule has 0 aromatic rings. The third-order valence-electron chi connectivity index (χ3n) is 1.64. The Morgan fingerprint density at radius 3 is 1.78 bits per heavy atom. The second kappa shape index (κ2) is 6.09. The monoisotopic (exact) mass is 129 g/mol. The maximum absolute atomic E-state index is 4.85. The predicted octanol–water partition coefficient (Wildman–Crippen LogP) is 2.16. The summed E-state index contributed by atoms with van der Waals surface area (Å²) in [7, 11) is 0. The third kappa shape index (κ3) is 5.84. The Morgan fingerprint density at radius 2 is 1.67 bits per heavy atom. The molecule has 2 N–H and O–H groups in total. The molecule has 0 amide bonds. The summed E-state index contributed by atoms with van der Waals surface area (Å²) in [5.74, 6) is 1.05. The molecule has 1 rings (SSSR count). The smallest absolute Gasteiger partial charge is 0.0106 e. The Bertz CT molecular complexity index is 46.5. The van der Waals surface area contributed by atoms with Gasteiger partial charge in [0.05, 0.1) is 0 Å². The Kier molecular flexibility index (Phi) is 6.06. The molecule has 56 valence electrons. The molecule has 0 heterocycles. The lowest BCUT2D eigenvalue weighted by molar-refractivity contribution is 0.612. The second-order valence-electron chi connectivity index (χ2n) is 2.80. The van der Waals surface area contributed by atoms with Crippen LogP contribution in [-0.4, -0.2) is 6.54 Å². The zero-order chi connectivity index (χ0) is 7.11. The van der Waals surface area contributed by atoms with Crippen LogP contribution in [0.1, 0.15) is 39.5 Å². The van der Waals surface area contributed by atoms with Crippen LogP contribution in [0.2, 0.25) is 0 Å². The van der Waals surface area contributed by atoms with Crippen molar-refractivity contribution in [3.8, 4) is 0 Å². The zero-order valence-electron chi connectivity index (χ0n) is 6.69. The van der Waals surface area contributed by atoms with E-state index < -0.39 is 0 Å². The van der Waals surface area contributed by atoms with Crippen LogP contribution in [-0.2, 0) is 0 Å². The van der Waals surface area contributed by atoms with E-state index in [-0.39, 0.29) is 0 Å². The molecule has 1 heteroatoms. The first kappa shape index (κ1) is 8.96. The van der Waals surface area contributed by atoms with E-state index in [2.05, 4.69) is 6.92 Å². The molecule has 1 saturated carbocycles. The predicted molar refractivity (Wildman–Crippen MR) is 42.4 cm³/mol. The van der Waals surface area contributed by atoms with Crippen molar-refractivity contribution < 1.29 is 0 Å². The van der Waals surface area contributed by atoms with Crippen LogP contribution in [0.4, 0.5) is 0 Å². The summed E-state index contributed by atoms with van der Waals surface area (Å²) < 4.78 is 0. The van der Waals surface area contributed by atoms with Gasteiger partial charge in [-0.05, 0) is 12.5 Å². The minimum absolute atomic E-state index is 0.750. The molecule has 0 atom stereocenters. The minimum Gasteiger partial charge on any atom is -0.331 e. The lowest BCUT2D eigenvalue weighted by atomic mass is 10.2. The summed E-state index contributed by atoms with van der Waals surface area (Å²) in [6, 6.07) is 0. The van der Waals surface area contributed by atoms with Crippen molar-refractivity contribution in [2.75, 3.05) is 6.54 Å². The van der Waals surface area contributed by atoms with Crippen LogP contribution in [0, 0.1) is 5.92 Å². The van der Waals surface area contributed by atoms with Crippen molar-refractivity contribution in [3.63, 3.8) is 0 Å². The van der Waals surface area contributed by atoms with E-state index in [0.717, 1.165) is 12.5 Å². The highest BCUT2D eigenvalue weighted by atomic mass is 14.5. The lowest BCUT2D eigenvalue weighted by Gasteiger charge is -1.91. The van der Waals surface area contributed by atoms with Gasteiger partial charge in [-0.1, -0.05) is 39.5 Å². The molecule has 9 heavy (non-hydrogen) atoms. The van der Waals surface area contributed by atoms with E-state index in [1.54, 1.807) is 0 Å². The Hall–Kier alpha value is -0.0400. The van der Waals surface area contributed by atoms with Crippen molar-refractivity contribution in [2.45, 2.75) is 39.5 Å². The highest BCUT2D eigenvalue weighted by Crippen LogP contribution is 2.22. The fraction of sp³-hybridized carbons (Fsp3) is 1.00. The average molecular weight is 129 g/mol. The molecule has 0 unspecified atom stereocenters. The number of hydrogen-bond donors (Lipinski definition) is 1. The Balaban J connectivity index is 0.000000187. The minimum atomic E-state index is 0.750. The maximum atomic E-state index is 4.85. The van der Waals surface area contributed by atoms with Crippen molar-refractivity contribution >= 4 is 0 Å². The molecule has 1 aliphatic carbocycles. The highest BCUT2D eigenvalue weighted by Gasteiger charge is 2.07. The average Bonchev–Trinajstić information content (AvgIpc) is 2.20. The van der Waals surface area contributed by atoms with Crippen LogP contribution >= 0.6 is 0 Å². The van der Waals surface area contributed by atoms with Gasteiger partial charge in [0.2, 0.25) is 0 Å². The Morgan fingerprint density at radius 1 is 1.33 bits per heavy atom. The van der Waals surface area contributed by atoms with Gasteiger partial charge in [0, 0.05) is 0 Å². The molecular weight excluding hydrogens is 110 g/mol. The maximum Gasteiger partial charge on any atom is -0.0106 e. The molecule has 0 saturated heterocycles. The van der Waals surface area contributed by atoms with Gasteiger partial charge in [-0.2, -0.15) is 0 Å². The summed E-state index contributed by atoms with van der Waals surface area (Å²) in [4.78, 5) is 0. The number of rotatable bonds is 0. The molecule has 0 aromatic carbocycles. The normalized spacial score (nSPS) is 19.0. The van der Waals surface area contributed by atoms with Gasteiger partial charge < -0.3 is 5.73 Å². The van der Waals surface area contributed by atoms with Gasteiger partial charge in [-0.25, -0.2) is 0 Å². The van der Waals surface area contributed by atoms with Crippen molar-refractivity contribution in [1.82, 2.24) is 0 Å². The third-order valence-corrected chi connectivity index (χ3v) is 1.64. The zero-order valence-corrected chi connectivity index (χ0v) is 6.69. The van der Waals surface area contributed by atoms with Gasteiger partial charge in [-0.15, -0.1) is 0 Å². The van der Waals surface area contributed by atoms with E-state index in [9.17, 15) is 0 Å². The van der Waals surface area contributed by atoms with Crippen LogP contribution in [0.5, 0.6) is 0 Å². The SMILES string of the molecule is CC1CCCC1.CCN. The fourth-order valence-electron chi connectivity index (χ4n) is 1.13. The summed E-state index contributed by atoms with van der Waals surface area (Å²) >= 11 is 0. The van der Waals surface area contributed by atoms with Crippen molar-refractivity contribution in [2.24, 2.45) is 11.7 Å². The number of hydrogen-bond acceptors (Lipinski definition) is 1. The summed E-state index contributed by atoms with van der Waals surface area (Å²) in [6.45, 7) is 4.99. The van der Waals surface area contributed by atoms with E-state index in [4.69, 9.17) is 5.73 Å². The van der Waals surface area contributed by atoms with Crippen LogP contribution in [0.3, 0.4) is 0 Å². The second-order valence-corrected chi connectivity index (χ2v) is 2.80. The van der Waals surface area contributed by atoms with Gasteiger partial charge in [0.1, 0.15) is 0 Å². The molecule has 1 nitrogen and oxygen atoms in total. The van der Waals surface area contributed by atoms with E-state index in [1.807, 2.05) is 6.92 Å². The first-order chi connectivity index (χ1) is 4.31. The van der Waals surface area contributed by atoms with Gasteiger partial charge in [0.15, 0.2) is 0 Å². The fourth-order valence-corrected chi connectivity index (χ4v) is 1.13. The van der Waals surface area contributed by atoms with Crippen LogP contribution in [0.15, 0.2) is 0 Å². The van der Waals surface area contributed by atoms with Gasteiger partial charge in [0.25, 0.3) is 0 Å². The molecule has 0 aliphatic heterocycles. The van der Waals surface area contributed by atoms with E-state index >= 15 is 0 Å². The first-order valence-corrected chi connectivity index (χ1v) is 4.01. The lowest BCUT2D eigenvalue weighted by Crippen LogP contribution is -1.87. The molecule has 0 spiro atoms. The summed E-state index contributed by atoms with van der Waals surface area (Å²) in [5, 5.41) is 0. The van der Waals surface area contributed by atoms with Gasteiger partial charge >= 0.3 is 0 Å². The molecule has 0 bridgehead atoms. The molecule has 1 fully saturated rings. The molecule has 1 aliphatic rings. The Labute approximate surface area is 58.6 Å². The van der Waals surface area contributed by atoms with Gasteiger partial charge in [-0.3, -0.25) is 0 Å². The molecule has 0 aromatic heterocycles. The van der Waals surface area contributed by atoms with Crippen molar-refractivity contribution in [3.05, 3.63) is 0 Å². The largest absolute Gasteiger partial charge is 0.331 e. The summed E-state index contributed by atoms with van der Waals surface area (Å²) in [5.41, 5.74) is 4.85. The standard InChI is InChI=1S/C6H12.C2H7N/c1-6-4-2-3-5-6;1-2-3/h6H,2-5H2,1H3;2-3H2,1H3. The quantitative estimate of drug-likeness (QED) is 0.533. The topological polar surface area (TPSA) is 26.0 Å². The number of nitrogens with two attached hydrogens (primary N) is 1. The highest BCUT2D eigenvalue weighted by molar-refractivity contribution is 4.60. The van der Waals surface area contributed by atoms with Crippen LogP contribution in [0.25, 0.3) is 0 Å². The molecule has 0 radical (unpaired) electrons. The van der Waals surface area contributed by atoms with E-state index in [0.29, 0.717) is 0 Å². The molecular formula is C8H19N. The first-order valence-electron chi connectivity index (χ1n) is 4.01.